The van der Waals surface area contributed by atoms with Gasteiger partial charge in [0.25, 0.3) is 0 Å². The van der Waals surface area contributed by atoms with Crippen LogP contribution in [0.3, 0.4) is 0 Å². The van der Waals surface area contributed by atoms with Gasteiger partial charge in [0.1, 0.15) is 22.5 Å². The predicted molar refractivity (Wildman–Crippen MR) is 76.8 cm³/mol. The zero-order chi connectivity index (χ0) is 15.0. The second-order valence-electron chi connectivity index (χ2n) is 5.04. The summed E-state index contributed by atoms with van der Waals surface area (Å²) in [4.78, 5) is 0.0822. The number of imidazole rings is 1. The monoisotopic (exact) mass is 300 g/mol. The van der Waals surface area contributed by atoms with Crippen LogP contribution >= 0.6 is 0 Å². The van der Waals surface area contributed by atoms with Crippen LogP contribution in [0.1, 0.15) is 45.4 Å². The van der Waals surface area contributed by atoms with Crippen LogP contribution in [0.15, 0.2) is 29.7 Å². The molecule has 0 bridgehead atoms. The van der Waals surface area contributed by atoms with Crippen LogP contribution in [0.5, 0.6) is 0 Å². The lowest BCUT2D eigenvalue weighted by Crippen LogP contribution is -2.23. The molecule has 0 fully saturated rings. The Hall–Kier alpha value is -1.14. The maximum absolute atomic E-state index is 10.4. The molecule has 0 atom stereocenters. The molecular weight excluding hydrogens is 276 g/mol. The fourth-order valence-electron chi connectivity index (χ4n) is 2.01. The molecule has 1 aromatic heterocycles. The van der Waals surface area contributed by atoms with E-state index in [1.165, 1.54) is 18.9 Å². The van der Waals surface area contributed by atoms with Gasteiger partial charge in [0.15, 0.2) is 0 Å². The van der Waals surface area contributed by atoms with Crippen molar-refractivity contribution in [3.05, 3.63) is 29.7 Å². The first kappa shape index (κ1) is 16.9. The van der Waals surface area contributed by atoms with Crippen LogP contribution in [0, 0.1) is 0 Å². The van der Waals surface area contributed by atoms with Gasteiger partial charge in [-0.15, -0.1) is 0 Å². The SMILES string of the molecule is CCCCn1cc[n+](C)c1.O=S(=O)([O-])C1=CCCCC1. The summed E-state index contributed by atoms with van der Waals surface area (Å²) in [5.41, 5.74) is 0. The maximum atomic E-state index is 10.4. The van der Waals surface area contributed by atoms with Gasteiger partial charge in [0.2, 0.25) is 6.33 Å². The summed E-state index contributed by atoms with van der Waals surface area (Å²) >= 11 is 0. The molecule has 0 unspecified atom stereocenters. The quantitative estimate of drug-likeness (QED) is 0.632. The molecule has 0 saturated heterocycles. The zero-order valence-corrected chi connectivity index (χ0v) is 13.1. The summed E-state index contributed by atoms with van der Waals surface area (Å²) in [6.45, 7) is 3.36. The molecule has 0 N–H and O–H groups in total. The Morgan fingerprint density at radius 3 is 2.55 bits per heavy atom. The van der Waals surface area contributed by atoms with Gasteiger partial charge in [-0.1, -0.05) is 19.4 Å². The van der Waals surface area contributed by atoms with Crippen LogP contribution in [0.2, 0.25) is 0 Å². The molecule has 0 radical (unpaired) electrons. The summed E-state index contributed by atoms with van der Waals surface area (Å²) in [5, 5.41) is 0. The smallest absolute Gasteiger partial charge is 0.243 e. The Bertz CT molecular complexity index is 532. The van der Waals surface area contributed by atoms with Crippen molar-refractivity contribution in [1.82, 2.24) is 4.57 Å². The van der Waals surface area contributed by atoms with Gasteiger partial charge < -0.3 is 4.55 Å². The molecule has 20 heavy (non-hydrogen) atoms. The van der Waals surface area contributed by atoms with Gasteiger partial charge in [0.05, 0.1) is 13.6 Å². The summed E-state index contributed by atoms with van der Waals surface area (Å²) in [5.74, 6) is 0. The number of nitrogens with zero attached hydrogens (tertiary/aromatic N) is 2. The molecule has 6 heteroatoms. The Morgan fingerprint density at radius 2 is 2.15 bits per heavy atom. The highest BCUT2D eigenvalue weighted by molar-refractivity contribution is 7.89. The van der Waals surface area contributed by atoms with E-state index in [0.717, 1.165) is 25.8 Å². The molecular formula is C14H24N2O3S. The van der Waals surface area contributed by atoms with Gasteiger partial charge >= 0.3 is 0 Å². The molecule has 0 aliphatic heterocycles. The Balaban J connectivity index is 0.000000200. The lowest BCUT2D eigenvalue weighted by Gasteiger charge is -2.15. The second-order valence-corrected chi connectivity index (χ2v) is 6.47. The fraction of sp³-hybridized carbons (Fsp3) is 0.643. The number of aromatic nitrogens is 2. The van der Waals surface area contributed by atoms with Gasteiger partial charge in [-0.3, -0.25) is 0 Å². The first-order valence-electron chi connectivity index (χ1n) is 7.09. The van der Waals surface area contributed by atoms with Gasteiger partial charge in [-0.25, -0.2) is 17.6 Å². The average Bonchev–Trinajstić information content (AvgIpc) is 2.83. The van der Waals surface area contributed by atoms with Gasteiger partial charge in [0, 0.05) is 4.91 Å². The van der Waals surface area contributed by atoms with Crippen LogP contribution in [-0.2, 0) is 23.7 Å². The minimum Gasteiger partial charge on any atom is -0.744 e. The van der Waals surface area contributed by atoms with Crippen molar-refractivity contribution in [3.8, 4) is 0 Å². The van der Waals surface area contributed by atoms with Crippen molar-refractivity contribution in [2.24, 2.45) is 7.05 Å². The minimum atomic E-state index is -4.11. The van der Waals surface area contributed by atoms with Gasteiger partial charge in [-0.05, 0) is 32.1 Å². The van der Waals surface area contributed by atoms with Crippen molar-refractivity contribution in [1.29, 1.82) is 0 Å². The van der Waals surface area contributed by atoms with E-state index in [-0.39, 0.29) is 4.91 Å². The van der Waals surface area contributed by atoms with E-state index in [0.29, 0.717) is 6.42 Å². The molecule has 5 nitrogen and oxygen atoms in total. The third-order valence-electron chi connectivity index (χ3n) is 3.16. The summed E-state index contributed by atoms with van der Waals surface area (Å²) in [6.07, 6.45) is 13.3. The molecule has 1 aromatic rings. The zero-order valence-electron chi connectivity index (χ0n) is 12.3. The highest BCUT2D eigenvalue weighted by Crippen LogP contribution is 2.20. The third-order valence-corrected chi connectivity index (χ3v) is 4.18. The molecule has 0 amide bonds. The number of rotatable bonds is 4. The Labute approximate surface area is 121 Å². The standard InChI is InChI=1S/C8H15N2.C6H10O3S/c1-3-4-5-10-7-6-9(2)8-10;7-10(8,9)6-4-2-1-3-5-6/h6-8H,3-5H2,1-2H3;4H,1-3,5H2,(H,7,8,9)/q+1;/p-1. The summed E-state index contributed by atoms with van der Waals surface area (Å²) in [7, 11) is -2.07. The largest absolute Gasteiger partial charge is 0.744 e. The van der Waals surface area contributed by atoms with Crippen molar-refractivity contribution >= 4 is 10.1 Å². The third kappa shape index (κ3) is 6.34. The first-order valence-corrected chi connectivity index (χ1v) is 8.50. The summed E-state index contributed by atoms with van der Waals surface area (Å²) in [6, 6.07) is 0. The number of hydrogen-bond acceptors (Lipinski definition) is 3. The van der Waals surface area contributed by atoms with E-state index < -0.39 is 10.1 Å². The van der Waals surface area contributed by atoms with Crippen LogP contribution < -0.4 is 4.57 Å². The Morgan fingerprint density at radius 1 is 1.40 bits per heavy atom. The number of hydrogen-bond donors (Lipinski definition) is 0. The van der Waals surface area contributed by atoms with Crippen molar-refractivity contribution in [2.75, 3.05) is 0 Å². The Kier molecular flexibility index (Phi) is 6.95. The maximum Gasteiger partial charge on any atom is 0.243 e. The van der Waals surface area contributed by atoms with Crippen LogP contribution in [0.25, 0.3) is 0 Å². The second kappa shape index (κ2) is 8.21. The predicted octanol–water partition coefficient (Wildman–Crippen LogP) is 2.10. The number of allylic oxidation sites excluding steroid dienone is 2. The highest BCUT2D eigenvalue weighted by atomic mass is 32.2. The molecule has 1 aliphatic carbocycles. The molecule has 114 valence electrons. The van der Waals surface area contributed by atoms with E-state index in [4.69, 9.17) is 0 Å². The lowest BCUT2D eigenvalue weighted by atomic mass is 10.1. The molecule has 0 spiro atoms. The number of aryl methyl sites for hydroxylation is 2. The van der Waals surface area contributed by atoms with E-state index in [1.54, 1.807) is 0 Å². The average molecular weight is 300 g/mol. The molecule has 2 rings (SSSR count). The lowest BCUT2D eigenvalue weighted by molar-refractivity contribution is -0.671. The molecule has 1 aliphatic rings. The van der Waals surface area contributed by atoms with Crippen molar-refractivity contribution in [3.63, 3.8) is 0 Å². The van der Waals surface area contributed by atoms with Crippen LogP contribution in [-0.4, -0.2) is 17.5 Å². The topological polar surface area (TPSA) is 66.0 Å². The van der Waals surface area contributed by atoms with Crippen molar-refractivity contribution in [2.45, 2.75) is 52.0 Å². The van der Waals surface area contributed by atoms with E-state index in [1.807, 2.05) is 7.05 Å². The van der Waals surface area contributed by atoms with Gasteiger partial charge in [-0.2, -0.15) is 0 Å². The van der Waals surface area contributed by atoms with Crippen molar-refractivity contribution < 1.29 is 17.5 Å². The molecule has 1 heterocycles. The first-order chi connectivity index (χ1) is 9.43. The fourth-order valence-corrected chi connectivity index (χ4v) is 2.73. The summed E-state index contributed by atoms with van der Waals surface area (Å²) < 4.78 is 35.4. The van der Waals surface area contributed by atoms with E-state index in [2.05, 4.69) is 34.8 Å². The van der Waals surface area contributed by atoms with Crippen LogP contribution in [0.4, 0.5) is 0 Å². The normalized spacial score (nSPS) is 15.2. The molecule has 0 saturated carbocycles. The minimum absolute atomic E-state index is 0.0822. The van der Waals surface area contributed by atoms with E-state index >= 15 is 0 Å². The number of unbranched alkanes of at least 4 members (excludes halogenated alkanes) is 1. The highest BCUT2D eigenvalue weighted by Gasteiger charge is 2.08. The molecule has 0 aromatic carbocycles. The van der Waals surface area contributed by atoms with E-state index in [9.17, 15) is 13.0 Å².